The number of hydrogen-bond donors (Lipinski definition) is 2. The van der Waals surface area contributed by atoms with E-state index in [4.69, 9.17) is 0 Å². The summed E-state index contributed by atoms with van der Waals surface area (Å²) in [5, 5.41) is 14.3. The fourth-order valence-electron chi connectivity index (χ4n) is 1.86. The number of carbonyl (C=O) groups excluding carboxylic acids is 1. The zero-order chi connectivity index (χ0) is 14.7. The Kier molecular flexibility index (Phi) is 3.65. The number of benzene rings is 2. The van der Waals surface area contributed by atoms with Crippen LogP contribution in [0.4, 0.5) is 5.69 Å². The van der Waals surface area contributed by atoms with E-state index in [1.165, 1.54) is 4.68 Å². The Balaban J connectivity index is 1.84. The smallest absolute Gasteiger partial charge is 0.255 e. The first kappa shape index (κ1) is 13.3. The molecule has 0 spiro atoms. The number of aromatic nitrogens is 4. The van der Waals surface area contributed by atoms with E-state index in [0.717, 1.165) is 5.69 Å². The molecule has 21 heavy (non-hydrogen) atoms. The predicted molar refractivity (Wildman–Crippen MR) is 80.8 cm³/mol. The lowest BCUT2D eigenvalue weighted by Gasteiger charge is -2.07. The molecule has 3 rings (SSSR count). The van der Waals surface area contributed by atoms with Crippen LogP contribution in [0, 0.1) is 0 Å². The molecular formula is C14H11N5OS. The fraction of sp³-hybridized carbons (Fsp3) is 0. The van der Waals surface area contributed by atoms with Crippen LogP contribution < -0.4 is 5.32 Å². The lowest BCUT2D eigenvalue weighted by atomic mass is 10.2. The molecule has 0 atom stereocenters. The van der Waals surface area contributed by atoms with Crippen LogP contribution in [-0.2, 0) is 0 Å². The van der Waals surface area contributed by atoms with Gasteiger partial charge in [0.25, 0.3) is 5.91 Å². The number of nitrogens with one attached hydrogen (secondary N) is 1. The average molecular weight is 297 g/mol. The van der Waals surface area contributed by atoms with Crippen LogP contribution in [0.5, 0.6) is 0 Å². The number of amides is 1. The van der Waals surface area contributed by atoms with Crippen LogP contribution >= 0.6 is 12.6 Å². The van der Waals surface area contributed by atoms with Gasteiger partial charge < -0.3 is 5.32 Å². The van der Waals surface area contributed by atoms with Gasteiger partial charge in [-0.2, -0.15) is 4.68 Å². The van der Waals surface area contributed by atoms with Gasteiger partial charge in [0.05, 0.1) is 5.69 Å². The maximum absolute atomic E-state index is 12.1. The number of anilines is 1. The van der Waals surface area contributed by atoms with Crippen molar-refractivity contribution >= 4 is 24.2 Å². The maximum atomic E-state index is 12.1. The second-order valence-electron chi connectivity index (χ2n) is 4.26. The minimum atomic E-state index is -0.171. The van der Waals surface area contributed by atoms with E-state index in [-0.39, 0.29) is 5.91 Å². The van der Waals surface area contributed by atoms with Gasteiger partial charge in [0.2, 0.25) is 5.16 Å². The standard InChI is InChI=1S/C14H11N5OS/c20-13(10-5-2-1-3-6-10)15-11-7-4-8-12(9-11)19-14(21)16-17-18-19/h1-9H,(H,15,20)(H,16,18,21). The fourth-order valence-corrected chi connectivity index (χ4v) is 2.05. The lowest BCUT2D eigenvalue weighted by Crippen LogP contribution is -2.12. The molecule has 0 unspecified atom stereocenters. The quantitative estimate of drug-likeness (QED) is 0.727. The van der Waals surface area contributed by atoms with Crippen molar-refractivity contribution in [1.82, 2.24) is 20.2 Å². The molecule has 0 aliphatic carbocycles. The highest BCUT2D eigenvalue weighted by molar-refractivity contribution is 7.80. The molecular weight excluding hydrogens is 286 g/mol. The van der Waals surface area contributed by atoms with Crippen LogP contribution in [0.2, 0.25) is 0 Å². The van der Waals surface area contributed by atoms with Crippen molar-refractivity contribution in [2.75, 3.05) is 5.32 Å². The molecule has 7 heteroatoms. The van der Waals surface area contributed by atoms with E-state index in [0.29, 0.717) is 16.4 Å². The van der Waals surface area contributed by atoms with E-state index < -0.39 is 0 Å². The van der Waals surface area contributed by atoms with Gasteiger partial charge in [-0.1, -0.05) is 24.3 Å². The molecule has 1 heterocycles. The van der Waals surface area contributed by atoms with E-state index in [2.05, 4.69) is 33.5 Å². The molecule has 1 amide bonds. The van der Waals surface area contributed by atoms with Gasteiger partial charge in [0, 0.05) is 11.3 Å². The van der Waals surface area contributed by atoms with E-state index in [1.54, 1.807) is 24.3 Å². The molecule has 1 aromatic heterocycles. The molecule has 1 N–H and O–H groups in total. The van der Waals surface area contributed by atoms with Crippen molar-refractivity contribution in [3.63, 3.8) is 0 Å². The first-order valence-electron chi connectivity index (χ1n) is 6.18. The van der Waals surface area contributed by atoms with Crippen molar-refractivity contribution in [2.24, 2.45) is 0 Å². The second-order valence-corrected chi connectivity index (χ2v) is 4.66. The molecule has 0 fully saturated rings. The van der Waals surface area contributed by atoms with E-state index >= 15 is 0 Å². The minimum Gasteiger partial charge on any atom is -0.322 e. The summed E-state index contributed by atoms with van der Waals surface area (Å²) in [7, 11) is 0. The van der Waals surface area contributed by atoms with Crippen molar-refractivity contribution in [2.45, 2.75) is 5.16 Å². The Morgan fingerprint density at radius 2 is 1.90 bits per heavy atom. The highest BCUT2D eigenvalue weighted by Crippen LogP contribution is 2.16. The van der Waals surface area contributed by atoms with Gasteiger partial charge in [-0.25, -0.2) is 0 Å². The van der Waals surface area contributed by atoms with Crippen molar-refractivity contribution in [3.8, 4) is 5.69 Å². The van der Waals surface area contributed by atoms with Crippen LogP contribution in [0.15, 0.2) is 59.8 Å². The highest BCUT2D eigenvalue weighted by atomic mass is 32.1. The summed E-state index contributed by atoms with van der Waals surface area (Å²) in [4.78, 5) is 12.1. The van der Waals surface area contributed by atoms with Gasteiger partial charge in [-0.05, 0) is 40.8 Å². The number of nitrogens with zero attached hydrogens (tertiary/aromatic N) is 4. The third-order valence-corrected chi connectivity index (χ3v) is 3.12. The number of hydrogen-bond acceptors (Lipinski definition) is 5. The third kappa shape index (κ3) is 2.92. The zero-order valence-electron chi connectivity index (χ0n) is 10.8. The van der Waals surface area contributed by atoms with E-state index in [1.807, 2.05) is 30.3 Å². The van der Waals surface area contributed by atoms with Crippen molar-refractivity contribution in [1.29, 1.82) is 0 Å². The normalized spacial score (nSPS) is 10.3. The molecule has 0 aliphatic heterocycles. The highest BCUT2D eigenvalue weighted by Gasteiger charge is 2.08. The Morgan fingerprint density at radius 3 is 2.62 bits per heavy atom. The average Bonchev–Trinajstić information content (AvgIpc) is 2.94. The van der Waals surface area contributed by atoms with Gasteiger partial charge in [0.15, 0.2) is 0 Å². The Hall–Kier alpha value is -2.67. The summed E-state index contributed by atoms with van der Waals surface area (Å²) in [6, 6.07) is 16.2. The monoisotopic (exact) mass is 297 g/mol. The molecule has 3 aromatic rings. The van der Waals surface area contributed by atoms with Crippen molar-refractivity contribution < 1.29 is 4.79 Å². The third-order valence-electron chi connectivity index (χ3n) is 2.84. The molecule has 0 saturated carbocycles. The number of tetrazole rings is 1. The molecule has 2 aromatic carbocycles. The topological polar surface area (TPSA) is 72.7 Å². The van der Waals surface area contributed by atoms with Crippen LogP contribution in [0.3, 0.4) is 0 Å². The molecule has 0 bridgehead atoms. The summed E-state index contributed by atoms with van der Waals surface area (Å²) in [6.45, 7) is 0. The first-order valence-corrected chi connectivity index (χ1v) is 6.63. The molecule has 0 aliphatic rings. The second kappa shape index (κ2) is 5.76. The SMILES string of the molecule is O=C(Nc1cccc(-n2nnnc2S)c1)c1ccccc1. The first-order chi connectivity index (χ1) is 10.2. The predicted octanol–water partition coefficient (Wildman–Crippen LogP) is 2.20. The van der Waals surface area contributed by atoms with Gasteiger partial charge >= 0.3 is 0 Å². The maximum Gasteiger partial charge on any atom is 0.255 e. The Bertz CT molecular complexity index is 772. The Labute approximate surface area is 126 Å². The number of rotatable bonds is 3. The molecule has 0 saturated heterocycles. The van der Waals surface area contributed by atoms with Crippen molar-refractivity contribution in [3.05, 3.63) is 60.2 Å². The zero-order valence-corrected chi connectivity index (χ0v) is 11.7. The summed E-state index contributed by atoms with van der Waals surface area (Å²) in [5.74, 6) is -0.171. The molecule has 6 nitrogen and oxygen atoms in total. The summed E-state index contributed by atoms with van der Waals surface area (Å²) in [5.41, 5.74) is 1.97. The summed E-state index contributed by atoms with van der Waals surface area (Å²) < 4.78 is 1.47. The number of thiol groups is 1. The van der Waals surface area contributed by atoms with E-state index in [9.17, 15) is 4.79 Å². The van der Waals surface area contributed by atoms with Crippen LogP contribution in [0.25, 0.3) is 5.69 Å². The largest absolute Gasteiger partial charge is 0.322 e. The Morgan fingerprint density at radius 1 is 1.10 bits per heavy atom. The molecule has 104 valence electrons. The minimum absolute atomic E-state index is 0.171. The summed E-state index contributed by atoms with van der Waals surface area (Å²) in [6.07, 6.45) is 0. The van der Waals surface area contributed by atoms with Gasteiger partial charge in [-0.3, -0.25) is 4.79 Å². The summed E-state index contributed by atoms with van der Waals surface area (Å²) >= 11 is 4.16. The molecule has 0 radical (unpaired) electrons. The van der Waals surface area contributed by atoms with Gasteiger partial charge in [-0.15, -0.1) is 17.7 Å². The van der Waals surface area contributed by atoms with Crippen LogP contribution in [0.1, 0.15) is 10.4 Å². The van der Waals surface area contributed by atoms with Crippen LogP contribution in [-0.4, -0.2) is 26.1 Å². The van der Waals surface area contributed by atoms with Gasteiger partial charge in [0.1, 0.15) is 0 Å². The lowest BCUT2D eigenvalue weighted by molar-refractivity contribution is 0.102. The number of carbonyl (C=O) groups is 1.